The highest BCUT2D eigenvalue weighted by Gasteiger charge is 2.21. The van der Waals surface area contributed by atoms with Crippen molar-refractivity contribution < 1.29 is 4.79 Å². The molecule has 1 amide bonds. The van der Waals surface area contributed by atoms with E-state index in [0.717, 1.165) is 45.2 Å². The van der Waals surface area contributed by atoms with E-state index in [1.165, 1.54) is 5.56 Å². The van der Waals surface area contributed by atoms with Crippen LogP contribution >= 0.6 is 0 Å². The van der Waals surface area contributed by atoms with Gasteiger partial charge in [-0.2, -0.15) is 5.10 Å². The quantitative estimate of drug-likeness (QED) is 0.554. The van der Waals surface area contributed by atoms with Crippen molar-refractivity contribution in [2.75, 3.05) is 46.3 Å². The molecule has 1 saturated heterocycles. The predicted molar refractivity (Wildman–Crippen MR) is 99.6 cm³/mol. The lowest BCUT2D eigenvalue weighted by molar-refractivity contribution is -0.123. The van der Waals surface area contributed by atoms with Crippen LogP contribution in [0, 0.1) is 6.92 Å². The number of carbonyl (C=O) groups is 1. The molecule has 25 heavy (non-hydrogen) atoms. The molecule has 0 saturated carbocycles. The molecular weight excluding hydrogens is 318 g/mol. The molecule has 1 aromatic rings. The van der Waals surface area contributed by atoms with Crippen LogP contribution in [-0.4, -0.2) is 83.8 Å². The van der Waals surface area contributed by atoms with Gasteiger partial charge >= 0.3 is 0 Å². The minimum Gasteiger partial charge on any atom is -0.354 e. The summed E-state index contributed by atoms with van der Waals surface area (Å²) in [6.07, 6.45) is 3.90. The van der Waals surface area contributed by atoms with E-state index in [4.69, 9.17) is 0 Å². The Bertz CT molecular complexity index is 573. The Morgan fingerprint density at radius 2 is 2.04 bits per heavy atom. The fraction of sp³-hybridized carbons (Fsp3) is 0.706. The van der Waals surface area contributed by atoms with Crippen molar-refractivity contribution >= 4 is 11.9 Å². The van der Waals surface area contributed by atoms with E-state index in [0.29, 0.717) is 6.54 Å². The molecule has 0 aromatic carbocycles. The normalized spacial score (nSPS) is 16.4. The lowest BCUT2D eigenvalue weighted by atomic mass is 10.3. The molecule has 2 heterocycles. The highest BCUT2D eigenvalue weighted by atomic mass is 16.2. The van der Waals surface area contributed by atoms with Gasteiger partial charge in [-0.3, -0.25) is 19.4 Å². The zero-order valence-corrected chi connectivity index (χ0v) is 15.8. The molecule has 140 valence electrons. The number of aryl methyl sites for hydroxylation is 1. The number of piperazine rings is 1. The zero-order chi connectivity index (χ0) is 18.2. The van der Waals surface area contributed by atoms with Crippen LogP contribution in [0.15, 0.2) is 17.4 Å². The standard InChI is InChI=1S/C17H31N7O/c1-14(2)21-16(25)13-22-7-9-23(10-8-22)17(18-4)19-5-6-24-12-15(3)11-20-24/h11-12,14H,5-10,13H2,1-4H3,(H,18,19)(H,21,25). The highest BCUT2D eigenvalue weighted by molar-refractivity contribution is 5.80. The topological polar surface area (TPSA) is 77.8 Å². The van der Waals surface area contributed by atoms with Crippen LogP contribution in [0.1, 0.15) is 19.4 Å². The zero-order valence-electron chi connectivity index (χ0n) is 15.8. The summed E-state index contributed by atoms with van der Waals surface area (Å²) in [4.78, 5) is 20.7. The Balaban J connectivity index is 1.71. The van der Waals surface area contributed by atoms with Gasteiger partial charge in [0.2, 0.25) is 5.91 Å². The van der Waals surface area contributed by atoms with Crippen LogP contribution in [0.3, 0.4) is 0 Å². The molecule has 8 nitrogen and oxygen atoms in total. The van der Waals surface area contributed by atoms with Crippen molar-refractivity contribution in [2.24, 2.45) is 4.99 Å². The number of nitrogens with zero attached hydrogens (tertiary/aromatic N) is 5. The third kappa shape index (κ3) is 6.38. The molecule has 0 bridgehead atoms. The third-order valence-corrected chi connectivity index (χ3v) is 4.09. The molecule has 1 aliphatic heterocycles. The number of aromatic nitrogens is 2. The first-order chi connectivity index (χ1) is 12.0. The highest BCUT2D eigenvalue weighted by Crippen LogP contribution is 2.02. The molecule has 0 aliphatic carbocycles. The Hall–Kier alpha value is -2.09. The van der Waals surface area contributed by atoms with Gasteiger partial charge in [0, 0.05) is 52.0 Å². The van der Waals surface area contributed by atoms with Gasteiger partial charge in [-0.05, 0) is 26.3 Å². The average molecular weight is 349 g/mol. The number of carbonyl (C=O) groups excluding carboxylic acids is 1. The van der Waals surface area contributed by atoms with Crippen LogP contribution in [0.5, 0.6) is 0 Å². The molecule has 0 atom stereocenters. The molecule has 2 rings (SSSR count). The molecule has 8 heteroatoms. The van der Waals surface area contributed by atoms with Crippen molar-refractivity contribution in [3.63, 3.8) is 0 Å². The van der Waals surface area contributed by atoms with Crippen molar-refractivity contribution in [1.29, 1.82) is 0 Å². The van der Waals surface area contributed by atoms with Crippen molar-refractivity contribution in [1.82, 2.24) is 30.2 Å². The Morgan fingerprint density at radius 3 is 2.60 bits per heavy atom. The van der Waals surface area contributed by atoms with Gasteiger partial charge in [0.15, 0.2) is 5.96 Å². The fourth-order valence-corrected chi connectivity index (χ4v) is 2.89. The largest absolute Gasteiger partial charge is 0.354 e. The van der Waals surface area contributed by atoms with Crippen molar-refractivity contribution in [2.45, 2.75) is 33.4 Å². The van der Waals surface area contributed by atoms with E-state index < -0.39 is 0 Å². The van der Waals surface area contributed by atoms with Crippen molar-refractivity contribution in [3.8, 4) is 0 Å². The summed E-state index contributed by atoms with van der Waals surface area (Å²) in [5.41, 5.74) is 1.17. The second-order valence-corrected chi connectivity index (χ2v) is 6.74. The van der Waals surface area contributed by atoms with Gasteiger partial charge in [-0.25, -0.2) is 0 Å². The minimum absolute atomic E-state index is 0.0977. The summed E-state index contributed by atoms with van der Waals surface area (Å²) in [6, 6.07) is 0.190. The predicted octanol–water partition coefficient (Wildman–Crippen LogP) is -0.0909. The van der Waals surface area contributed by atoms with Crippen LogP contribution in [-0.2, 0) is 11.3 Å². The number of rotatable bonds is 6. The summed E-state index contributed by atoms with van der Waals surface area (Å²) in [7, 11) is 1.81. The summed E-state index contributed by atoms with van der Waals surface area (Å²) in [6.45, 7) is 11.5. The Kier molecular flexibility index (Phi) is 7.24. The average Bonchev–Trinajstić information content (AvgIpc) is 2.97. The van der Waals surface area contributed by atoms with Crippen LogP contribution < -0.4 is 10.6 Å². The van der Waals surface area contributed by atoms with Gasteiger partial charge in [0.05, 0.1) is 19.3 Å². The molecule has 2 N–H and O–H groups in total. The van der Waals surface area contributed by atoms with Crippen LogP contribution in [0.4, 0.5) is 0 Å². The molecule has 1 fully saturated rings. The number of amides is 1. The van der Waals surface area contributed by atoms with Crippen LogP contribution in [0.2, 0.25) is 0 Å². The van der Waals surface area contributed by atoms with Gasteiger partial charge < -0.3 is 15.5 Å². The molecule has 0 spiro atoms. The maximum Gasteiger partial charge on any atom is 0.234 e. The SMILES string of the molecule is CN=C(NCCn1cc(C)cn1)N1CCN(CC(=O)NC(C)C)CC1. The second kappa shape index (κ2) is 9.41. The number of guanidine groups is 1. The molecule has 0 unspecified atom stereocenters. The third-order valence-electron chi connectivity index (χ3n) is 4.09. The first kappa shape index (κ1) is 19.2. The minimum atomic E-state index is 0.0977. The summed E-state index contributed by atoms with van der Waals surface area (Å²) < 4.78 is 1.93. The smallest absolute Gasteiger partial charge is 0.234 e. The summed E-state index contributed by atoms with van der Waals surface area (Å²) in [5.74, 6) is 1.01. The Morgan fingerprint density at radius 1 is 1.32 bits per heavy atom. The summed E-state index contributed by atoms with van der Waals surface area (Å²) >= 11 is 0. The monoisotopic (exact) mass is 349 g/mol. The van der Waals surface area contributed by atoms with Gasteiger partial charge in [-0.1, -0.05) is 0 Å². The van der Waals surface area contributed by atoms with E-state index in [1.54, 1.807) is 0 Å². The maximum absolute atomic E-state index is 11.9. The van der Waals surface area contributed by atoms with Crippen LogP contribution in [0.25, 0.3) is 0 Å². The van der Waals surface area contributed by atoms with E-state index in [-0.39, 0.29) is 11.9 Å². The van der Waals surface area contributed by atoms with Gasteiger partial charge in [-0.15, -0.1) is 0 Å². The number of aliphatic imine (C=N–C) groups is 1. The maximum atomic E-state index is 11.9. The fourth-order valence-electron chi connectivity index (χ4n) is 2.89. The van der Waals surface area contributed by atoms with Gasteiger partial charge in [0.25, 0.3) is 0 Å². The first-order valence-electron chi connectivity index (χ1n) is 8.94. The Labute approximate surface area is 150 Å². The van der Waals surface area contributed by atoms with E-state index in [1.807, 2.05) is 44.9 Å². The number of hydrogen-bond acceptors (Lipinski definition) is 4. The molecule has 0 radical (unpaired) electrons. The van der Waals surface area contributed by atoms with E-state index >= 15 is 0 Å². The summed E-state index contributed by atoms with van der Waals surface area (Å²) in [5, 5.41) is 10.6. The lowest BCUT2D eigenvalue weighted by Gasteiger charge is -2.36. The lowest BCUT2D eigenvalue weighted by Crippen LogP contribution is -2.54. The molecule has 1 aromatic heterocycles. The number of nitrogens with one attached hydrogen (secondary N) is 2. The van der Waals surface area contributed by atoms with E-state index in [9.17, 15) is 4.79 Å². The molecule has 1 aliphatic rings. The molecular formula is C17H31N7O. The second-order valence-electron chi connectivity index (χ2n) is 6.74. The first-order valence-corrected chi connectivity index (χ1v) is 8.94. The number of hydrogen-bond donors (Lipinski definition) is 2. The van der Waals surface area contributed by atoms with Crippen molar-refractivity contribution in [3.05, 3.63) is 18.0 Å². The van der Waals surface area contributed by atoms with Gasteiger partial charge in [0.1, 0.15) is 0 Å². The van der Waals surface area contributed by atoms with E-state index in [2.05, 4.69) is 30.5 Å².